The molecule has 12 heteroatoms. The van der Waals surface area contributed by atoms with Gasteiger partial charge in [-0.15, -0.1) is 0 Å². The van der Waals surface area contributed by atoms with Crippen molar-refractivity contribution in [2.75, 3.05) is 5.32 Å². The lowest BCUT2D eigenvalue weighted by molar-refractivity contribution is -0.137. The van der Waals surface area contributed by atoms with E-state index in [-0.39, 0.29) is 33.5 Å². The Balaban J connectivity index is 1.65. The lowest BCUT2D eigenvalue weighted by Gasteiger charge is -2.19. The first-order chi connectivity index (χ1) is 17.5. The van der Waals surface area contributed by atoms with Crippen LogP contribution in [0.1, 0.15) is 43.4 Å². The Morgan fingerprint density at radius 1 is 1.03 bits per heavy atom. The molecule has 5 rings (SSSR count). The van der Waals surface area contributed by atoms with Crippen LogP contribution in [0.2, 0.25) is 5.02 Å². The summed E-state index contributed by atoms with van der Waals surface area (Å²) < 4.78 is 67.5. The second kappa shape index (κ2) is 9.00. The highest BCUT2D eigenvalue weighted by Crippen LogP contribution is 2.41. The molecule has 37 heavy (non-hydrogen) atoms. The van der Waals surface area contributed by atoms with Crippen molar-refractivity contribution in [3.8, 4) is 11.4 Å². The van der Waals surface area contributed by atoms with Gasteiger partial charge in [0.05, 0.1) is 11.6 Å². The molecule has 1 aliphatic rings. The maximum atomic E-state index is 14.0. The molecule has 1 aromatic heterocycles. The minimum Gasteiger partial charge on any atom is -0.345 e. The molecule has 0 fully saturated rings. The average Bonchev–Trinajstić information content (AvgIpc) is 3.48. The number of imidazole rings is 1. The fourth-order valence-electron chi connectivity index (χ4n) is 4.14. The SMILES string of the molecule is O=C(Nc1cc(-c2ncc[nH]2)cc2c1C(c1cc(F)ccc1Cl)NC2=O)c1cc(F)cc(C(F)(F)F)c1. The summed E-state index contributed by atoms with van der Waals surface area (Å²) in [6.45, 7) is 0. The Morgan fingerprint density at radius 3 is 2.51 bits per heavy atom. The molecule has 0 aliphatic carbocycles. The molecule has 0 saturated carbocycles. The summed E-state index contributed by atoms with van der Waals surface area (Å²) in [5, 5.41) is 5.30. The lowest BCUT2D eigenvalue weighted by atomic mass is 9.94. The smallest absolute Gasteiger partial charge is 0.345 e. The molecular formula is C25H14ClF5N4O2. The molecule has 0 bridgehead atoms. The molecule has 0 saturated heterocycles. The van der Waals surface area contributed by atoms with Gasteiger partial charge in [0.1, 0.15) is 17.5 Å². The number of H-pyrrole nitrogens is 1. The van der Waals surface area contributed by atoms with Crippen molar-refractivity contribution in [2.24, 2.45) is 0 Å². The second-order valence-corrected chi connectivity index (χ2v) is 8.58. The fraction of sp³-hybridized carbons (Fsp3) is 0.0800. The van der Waals surface area contributed by atoms with Gasteiger partial charge in [-0.2, -0.15) is 13.2 Å². The number of rotatable bonds is 4. The molecule has 6 nitrogen and oxygen atoms in total. The standard InChI is InChI=1S/C25H14ClF5N4O2/c26-18-2-1-14(27)10-16(18)21-20-17(24(37)35-21)7-11(22-32-3-4-33-22)8-19(20)34-23(36)12-5-13(25(29,30)31)9-15(28)6-12/h1-10,21H,(H,32,33)(H,34,36)(H,35,37). The quantitative estimate of drug-likeness (QED) is 0.277. The van der Waals surface area contributed by atoms with Crippen molar-refractivity contribution in [3.05, 3.63) is 105 Å². The van der Waals surface area contributed by atoms with Gasteiger partial charge in [-0.25, -0.2) is 13.8 Å². The second-order valence-electron chi connectivity index (χ2n) is 8.18. The molecule has 3 aromatic carbocycles. The fourth-order valence-corrected chi connectivity index (χ4v) is 4.37. The van der Waals surface area contributed by atoms with Crippen LogP contribution < -0.4 is 10.6 Å². The van der Waals surface area contributed by atoms with Gasteiger partial charge in [-0.05, 0) is 48.5 Å². The van der Waals surface area contributed by atoms with Gasteiger partial charge in [-0.3, -0.25) is 9.59 Å². The van der Waals surface area contributed by atoms with E-state index < -0.39 is 46.8 Å². The van der Waals surface area contributed by atoms with Crippen LogP contribution in [0.15, 0.2) is 60.9 Å². The van der Waals surface area contributed by atoms with Gasteiger partial charge in [-0.1, -0.05) is 11.6 Å². The monoisotopic (exact) mass is 532 g/mol. The van der Waals surface area contributed by atoms with Crippen LogP contribution in [-0.4, -0.2) is 21.8 Å². The van der Waals surface area contributed by atoms with Crippen LogP contribution in [0, 0.1) is 11.6 Å². The molecule has 4 aromatic rings. The molecule has 2 amide bonds. The summed E-state index contributed by atoms with van der Waals surface area (Å²) in [4.78, 5) is 32.9. The molecule has 1 atom stereocenters. The summed E-state index contributed by atoms with van der Waals surface area (Å²) in [7, 11) is 0. The Bertz CT molecular complexity index is 1550. The Morgan fingerprint density at radius 2 is 1.81 bits per heavy atom. The lowest BCUT2D eigenvalue weighted by Crippen LogP contribution is -2.21. The molecule has 2 heterocycles. The predicted molar refractivity (Wildman–Crippen MR) is 124 cm³/mol. The van der Waals surface area contributed by atoms with Crippen LogP contribution >= 0.6 is 11.6 Å². The molecule has 0 radical (unpaired) electrons. The van der Waals surface area contributed by atoms with E-state index in [1.807, 2.05) is 0 Å². The minimum atomic E-state index is -4.88. The number of halogens is 6. The highest BCUT2D eigenvalue weighted by Gasteiger charge is 2.36. The van der Waals surface area contributed by atoms with Crippen molar-refractivity contribution in [3.63, 3.8) is 0 Å². The number of anilines is 1. The number of aromatic amines is 1. The third kappa shape index (κ3) is 4.65. The molecule has 1 aliphatic heterocycles. The minimum absolute atomic E-state index is 0.00963. The van der Waals surface area contributed by atoms with E-state index in [1.165, 1.54) is 30.6 Å². The van der Waals surface area contributed by atoms with Crippen molar-refractivity contribution in [1.82, 2.24) is 15.3 Å². The number of nitrogens with one attached hydrogen (secondary N) is 3. The number of fused-ring (bicyclic) bond motifs is 1. The number of carbonyl (C=O) groups excluding carboxylic acids is 2. The number of benzene rings is 3. The van der Waals surface area contributed by atoms with Gasteiger partial charge in [0.25, 0.3) is 11.8 Å². The Kier molecular flexibility index (Phi) is 5.95. The zero-order chi connectivity index (χ0) is 26.5. The summed E-state index contributed by atoms with van der Waals surface area (Å²) in [5.74, 6) is -3.17. The average molecular weight is 533 g/mol. The maximum Gasteiger partial charge on any atom is 0.416 e. The Hall–Kier alpha value is -4.25. The number of amides is 2. The number of alkyl halides is 3. The van der Waals surface area contributed by atoms with E-state index in [2.05, 4.69) is 20.6 Å². The van der Waals surface area contributed by atoms with Gasteiger partial charge in [0.15, 0.2) is 0 Å². The van der Waals surface area contributed by atoms with Crippen molar-refractivity contribution in [1.29, 1.82) is 0 Å². The maximum absolute atomic E-state index is 14.0. The van der Waals surface area contributed by atoms with E-state index in [0.717, 1.165) is 12.1 Å². The zero-order valence-electron chi connectivity index (χ0n) is 18.4. The summed E-state index contributed by atoms with van der Waals surface area (Å²) >= 11 is 6.27. The first kappa shape index (κ1) is 24.4. The molecule has 0 spiro atoms. The number of hydrogen-bond acceptors (Lipinski definition) is 3. The Labute approximate surface area is 210 Å². The highest BCUT2D eigenvalue weighted by molar-refractivity contribution is 6.31. The van der Waals surface area contributed by atoms with E-state index >= 15 is 0 Å². The first-order valence-corrected chi connectivity index (χ1v) is 11.0. The summed E-state index contributed by atoms with van der Waals surface area (Å²) in [6, 6.07) is 6.95. The molecule has 188 valence electrons. The third-order valence-electron chi connectivity index (χ3n) is 5.76. The van der Waals surface area contributed by atoms with E-state index in [0.29, 0.717) is 23.5 Å². The van der Waals surface area contributed by atoms with Crippen LogP contribution in [0.25, 0.3) is 11.4 Å². The molecule has 1 unspecified atom stereocenters. The van der Waals surface area contributed by atoms with Crippen molar-refractivity contribution >= 4 is 29.1 Å². The third-order valence-corrected chi connectivity index (χ3v) is 6.11. The van der Waals surface area contributed by atoms with E-state index in [4.69, 9.17) is 11.6 Å². The first-order valence-electron chi connectivity index (χ1n) is 10.6. The molecule has 3 N–H and O–H groups in total. The number of aromatic nitrogens is 2. The number of nitrogens with zero attached hydrogens (tertiary/aromatic N) is 1. The number of hydrogen-bond donors (Lipinski definition) is 3. The predicted octanol–water partition coefficient (Wildman–Crippen LogP) is 6.11. The van der Waals surface area contributed by atoms with Crippen LogP contribution in [0.5, 0.6) is 0 Å². The van der Waals surface area contributed by atoms with Crippen molar-refractivity contribution < 1.29 is 31.5 Å². The number of carbonyl (C=O) groups is 2. The van der Waals surface area contributed by atoms with Crippen LogP contribution in [-0.2, 0) is 6.18 Å². The van der Waals surface area contributed by atoms with Crippen LogP contribution in [0.3, 0.4) is 0 Å². The highest BCUT2D eigenvalue weighted by atomic mass is 35.5. The van der Waals surface area contributed by atoms with E-state index in [9.17, 15) is 31.5 Å². The zero-order valence-corrected chi connectivity index (χ0v) is 19.1. The summed E-state index contributed by atoms with van der Waals surface area (Å²) in [5.41, 5.74) is -1.06. The van der Waals surface area contributed by atoms with Gasteiger partial charge in [0.2, 0.25) is 0 Å². The molecular weight excluding hydrogens is 519 g/mol. The van der Waals surface area contributed by atoms with Gasteiger partial charge >= 0.3 is 6.18 Å². The van der Waals surface area contributed by atoms with Gasteiger partial charge in [0, 0.05) is 50.9 Å². The largest absolute Gasteiger partial charge is 0.416 e. The van der Waals surface area contributed by atoms with Crippen molar-refractivity contribution in [2.45, 2.75) is 12.2 Å². The van der Waals surface area contributed by atoms with Gasteiger partial charge < -0.3 is 15.6 Å². The van der Waals surface area contributed by atoms with Crippen LogP contribution in [0.4, 0.5) is 27.6 Å². The normalized spacial score (nSPS) is 14.9. The topological polar surface area (TPSA) is 86.9 Å². The summed E-state index contributed by atoms with van der Waals surface area (Å²) in [6.07, 6.45) is -1.89. The van der Waals surface area contributed by atoms with E-state index in [1.54, 1.807) is 0 Å².